The van der Waals surface area contributed by atoms with Crippen LogP contribution in [0.25, 0.3) is 22.2 Å². The van der Waals surface area contributed by atoms with Crippen molar-refractivity contribution in [2.45, 2.75) is 58.1 Å². The first-order valence-electron chi connectivity index (χ1n) is 13.7. The summed E-state index contributed by atoms with van der Waals surface area (Å²) in [5.41, 5.74) is 6.63. The third-order valence-corrected chi connectivity index (χ3v) is 7.74. The van der Waals surface area contributed by atoms with Crippen molar-refractivity contribution in [2.24, 2.45) is 0 Å². The number of carbonyl (C=O) groups is 1. The SMILES string of the molecule is Cc1cc(Cn2c(-c3ccc(OCc4ccccc4)cc3)c(C3CCCCC3)c3ccc(C(=O)O)cc32)no1. The first-order valence-corrected chi connectivity index (χ1v) is 13.7. The fourth-order valence-corrected chi connectivity index (χ4v) is 5.89. The van der Waals surface area contributed by atoms with Gasteiger partial charge >= 0.3 is 5.97 Å². The van der Waals surface area contributed by atoms with Crippen LogP contribution in [0.1, 0.15) is 71.0 Å². The van der Waals surface area contributed by atoms with Crippen LogP contribution in [-0.4, -0.2) is 20.8 Å². The van der Waals surface area contributed by atoms with Crippen LogP contribution in [-0.2, 0) is 13.2 Å². The molecule has 0 radical (unpaired) electrons. The molecule has 0 amide bonds. The van der Waals surface area contributed by atoms with Gasteiger partial charge in [0.25, 0.3) is 0 Å². The lowest BCUT2D eigenvalue weighted by Gasteiger charge is -2.24. The molecule has 39 heavy (non-hydrogen) atoms. The Balaban J connectivity index is 1.47. The van der Waals surface area contributed by atoms with Crippen molar-refractivity contribution < 1.29 is 19.2 Å². The van der Waals surface area contributed by atoms with E-state index in [4.69, 9.17) is 9.26 Å². The number of fused-ring (bicyclic) bond motifs is 1. The third kappa shape index (κ3) is 5.19. The number of aryl methyl sites for hydroxylation is 1. The Morgan fingerprint density at radius 1 is 1.00 bits per heavy atom. The first kappa shape index (κ1) is 25.0. The summed E-state index contributed by atoms with van der Waals surface area (Å²) >= 11 is 0. The average Bonchev–Trinajstić information content (AvgIpc) is 3.53. The Morgan fingerprint density at radius 2 is 1.77 bits per heavy atom. The van der Waals surface area contributed by atoms with Crippen molar-refractivity contribution in [2.75, 3.05) is 0 Å². The molecule has 1 N–H and O–H groups in total. The molecule has 1 aliphatic rings. The Bertz CT molecular complexity index is 1590. The molecule has 0 saturated heterocycles. The molecule has 0 atom stereocenters. The number of hydrogen-bond donors (Lipinski definition) is 1. The maximum Gasteiger partial charge on any atom is 0.335 e. The Morgan fingerprint density at radius 3 is 2.46 bits per heavy atom. The van der Waals surface area contributed by atoms with Crippen molar-refractivity contribution in [3.63, 3.8) is 0 Å². The normalized spacial score (nSPS) is 14.1. The highest BCUT2D eigenvalue weighted by molar-refractivity contribution is 5.98. The summed E-state index contributed by atoms with van der Waals surface area (Å²) in [4.78, 5) is 11.9. The van der Waals surface area contributed by atoms with E-state index in [-0.39, 0.29) is 5.56 Å². The van der Waals surface area contributed by atoms with E-state index in [1.165, 1.54) is 24.8 Å². The minimum Gasteiger partial charge on any atom is -0.489 e. The van der Waals surface area contributed by atoms with Crippen molar-refractivity contribution >= 4 is 16.9 Å². The molecule has 2 aromatic heterocycles. The lowest BCUT2D eigenvalue weighted by molar-refractivity contribution is 0.0697. The summed E-state index contributed by atoms with van der Waals surface area (Å²) in [5.74, 6) is 1.05. The van der Waals surface area contributed by atoms with E-state index in [9.17, 15) is 9.90 Å². The summed E-state index contributed by atoms with van der Waals surface area (Å²) in [6.45, 7) is 2.89. The maximum absolute atomic E-state index is 11.9. The van der Waals surface area contributed by atoms with Crippen molar-refractivity contribution in [3.8, 4) is 17.0 Å². The number of carboxylic acid groups (broad SMARTS) is 1. The quantitative estimate of drug-likeness (QED) is 0.224. The molecular formula is C33H32N2O4. The summed E-state index contributed by atoms with van der Waals surface area (Å²) in [7, 11) is 0. The molecular weight excluding hydrogens is 488 g/mol. The minimum absolute atomic E-state index is 0.281. The summed E-state index contributed by atoms with van der Waals surface area (Å²) in [6.07, 6.45) is 5.94. The van der Waals surface area contributed by atoms with Gasteiger partial charge in [0.15, 0.2) is 0 Å². The molecule has 0 bridgehead atoms. The predicted molar refractivity (Wildman–Crippen MR) is 151 cm³/mol. The van der Waals surface area contributed by atoms with Gasteiger partial charge in [-0.15, -0.1) is 0 Å². The molecule has 6 rings (SSSR count). The van der Waals surface area contributed by atoms with Gasteiger partial charge in [-0.2, -0.15) is 0 Å². The largest absolute Gasteiger partial charge is 0.489 e. The topological polar surface area (TPSA) is 77.5 Å². The van der Waals surface area contributed by atoms with Gasteiger partial charge in [0, 0.05) is 11.5 Å². The van der Waals surface area contributed by atoms with Crippen LogP contribution >= 0.6 is 0 Å². The number of ether oxygens (including phenoxy) is 1. The average molecular weight is 521 g/mol. The second kappa shape index (κ2) is 10.8. The number of nitrogens with zero attached hydrogens (tertiary/aromatic N) is 2. The molecule has 5 aromatic rings. The van der Waals surface area contributed by atoms with Gasteiger partial charge in [-0.05, 0) is 78.8 Å². The standard InChI is InChI=1S/C33H32N2O4/c1-22-18-27(34-39-22)20-35-30-19-26(33(36)37)14-17-29(30)31(24-10-6-3-7-11-24)32(35)25-12-15-28(16-13-25)38-21-23-8-4-2-5-9-23/h2,4-5,8-9,12-19,24H,3,6-7,10-11,20-21H2,1H3,(H,36,37). The summed E-state index contributed by atoms with van der Waals surface area (Å²) in [5, 5.41) is 15.2. The molecule has 6 heteroatoms. The number of aromatic nitrogens is 2. The summed E-state index contributed by atoms with van der Waals surface area (Å²) in [6, 6.07) is 25.9. The molecule has 0 unspecified atom stereocenters. The third-order valence-electron chi connectivity index (χ3n) is 7.74. The van der Waals surface area contributed by atoms with Crippen molar-refractivity contribution in [1.29, 1.82) is 0 Å². The van der Waals surface area contributed by atoms with Gasteiger partial charge in [-0.25, -0.2) is 4.79 Å². The van der Waals surface area contributed by atoms with Gasteiger partial charge in [0.1, 0.15) is 23.8 Å². The van der Waals surface area contributed by atoms with E-state index >= 15 is 0 Å². The lowest BCUT2D eigenvalue weighted by atomic mass is 9.81. The molecule has 198 valence electrons. The smallest absolute Gasteiger partial charge is 0.335 e. The minimum atomic E-state index is -0.928. The number of carboxylic acids is 1. The van der Waals surface area contributed by atoms with Crippen LogP contribution in [0.5, 0.6) is 5.75 Å². The zero-order chi connectivity index (χ0) is 26.8. The first-order chi connectivity index (χ1) is 19.1. The maximum atomic E-state index is 11.9. The van der Waals surface area contributed by atoms with E-state index < -0.39 is 5.97 Å². The van der Waals surface area contributed by atoms with Crippen molar-refractivity contribution in [3.05, 3.63) is 107 Å². The van der Waals surface area contributed by atoms with Crippen molar-refractivity contribution in [1.82, 2.24) is 9.72 Å². The van der Waals surface area contributed by atoms with E-state index in [1.54, 1.807) is 12.1 Å². The van der Waals surface area contributed by atoms with Crippen LogP contribution in [0.2, 0.25) is 0 Å². The molecule has 6 nitrogen and oxygen atoms in total. The molecule has 1 fully saturated rings. The zero-order valence-electron chi connectivity index (χ0n) is 22.1. The molecule has 3 aromatic carbocycles. The van der Waals surface area contributed by atoms with E-state index in [0.29, 0.717) is 19.1 Å². The highest BCUT2D eigenvalue weighted by Gasteiger charge is 2.27. The number of hydrogen-bond acceptors (Lipinski definition) is 4. The Hall–Kier alpha value is -4.32. The predicted octanol–water partition coefficient (Wildman–Crippen LogP) is 7.98. The number of benzene rings is 3. The highest BCUT2D eigenvalue weighted by Crippen LogP contribution is 2.44. The highest BCUT2D eigenvalue weighted by atomic mass is 16.5. The van der Waals surface area contributed by atoms with Crippen LogP contribution < -0.4 is 4.74 Å². The summed E-state index contributed by atoms with van der Waals surface area (Å²) < 4.78 is 13.7. The van der Waals surface area contributed by atoms with Gasteiger partial charge < -0.3 is 18.9 Å². The molecule has 0 aliphatic heterocycles. The van der Waals surface area contributed by atoms with E-state index in [0.717, 1.165) is 57.8 Å². The van der Waals surface area contributed by atoms with Gasteiger partial charge in [0.2, 0.25) is 0 Å². The van der Waals surface area contributed by atoms with Crippen LogP contribution in [0.4, 0.5) is 0 Å². The van der Waals surface area contributed by atoms with Gasteiger partial charge in [0.05, 0.1) is 23.3 Å². The molecule has 2 heterocycles. The molecule has 1 saturated carbocycles. The van der Waals surface area contributed by atoms with Crippen LogP contribution in [0.15, 0.2) is 83.4 Å². The molecule has 0 spiro atoms. The lowest BCUT2D eigenvalue weighted by Crippen LogP contribution is -2.08. The Kier molecular flexibility index (Phi) is 6.93. The van der Waals surface area contributed by atoms with E-state index in [1.807, 2.05) is 49.4 Å². The number of rotatable bonds is 8. The van der Waals surface area contributed by atoms with Crippen LogP contribution in [0, 0.1) is 6.92 Å². The monoisotopic (exact) mass is 520 g/mol. The number of aromatic carboxylic acids is 1. The Labute approximate surface area is 227 Å². The van der Waals surface area contributed by atoms with Gasteiger partial charge in [-0.3, -0.25) is 0 Å². The second-order valence-corrected chi connectivity index (χ2v) is 10.4. The zero-order valence-corrected chi connectivity index (χ0v) is 22.1. The molecule has 1 aliphatic carbocycles. The fraction of sp³-hybridized carbons (Fsp3) is 0.273. The van der Waals surface area contributed by atoms with Crippen LogP contribution in [0.3, 0.4) is 0 Å². The van der Waals surface area contributed by atoms with Gasteiger partial charge in [-0.1, -0.05) is 60.8 Å². The van der Waals surface area contributed by atoms with E-state index in [2.05, 4.69) is 34.0 Å². The second-order valence-electron chi connectivity index (χ2n) is 10.4. The fourth-order valence-electron chi connectivity index (χ4n) is 5.89.